The van der Waals surface area contributed by atoms with Gasteiger partial charge in [-0.25, -0.2) is 4.79 Å². The van der Waals surface area contributed by atoms with Crippen molar-refractivity contribution in [1.82, 2.24) is 4.48 Å². The van der Waals surface area contributed by atoms with E-state index in [1.807, 2.05) is 6.07 Å². The average molecular weight is 442 g/mol. The number of aromatic carboxylic acids is 2. The van der Waals surface area contributed by atoms with Crippen LogP contribution in [0.1, 0.15) is 20.7 Å². The normalized spacial score (nSPS) is 10.6. The van der Waals surface area contributed by atoms with E-state index < -0.39 is 11.9 Å². The highest BCUT2D eigenvalue weighted by Gasteiger charge is 2.11. The quantitative estimate of drug-likeness (QED) is 0.450. The Labute approximate surface area is 184 Å². The lowest BCUT2D eigenvalue weighted by Gasteiger charge is -2.22. The molecule has 0 aliphatic heterocycles. The number of para-hydroxylation sites is 1. The van der Waals surface area contributed by atoms with Gasteiger partial charge in [-0.2, -0.15) is 0 Å². The Bertz CT molecular complexity index is 944. The van der Waals surface area contributed by atoms with E-state index in [1.54, 1.807) is 36.4 Å². The van der Waals surface area contributed by atoms with E-state index in [4.69, 9.17) is 5.11 Å². The van der Waals surface area contributed by atoms with Crippen molar-refractivity contribution in [2.24, 2.45) is 0 Å². The van der Waals surface area contributed by atoms with Crippen LogP contribution in [0.3, 0.4) is 0 Å². The highest BCUT2D eigenvalue weighted by atomic mass is 33.1. The Balaban J connectivity index is 0.000000269. The number of carboxylic acids is 2. The zero-order valence-corrected chi connectivity index (χ0v) is 18.6. The molecule has 0 bridgehead atoms. The van der Waals surface area contributed by atoms with Gasteiger partial charge in [0.05, 0.1) is 32.7 Å². The highest BCUT2D eigenvalue weighted by molar-refractivity contribution is 8.76. The second kappa shape index (κ2) is 10.9. The first-order chi connectivity index (χ1) is 14.2. The zero-order valence-electron chi connectivity index (χ0n) is 16.9. The standard InChI is InChI=1S/C14H10O4S2.C9H14N/c15-13(16)9-5-1-3-7-11(9)19-20-12-8-4-2-6-10(12)14(17)18;1-10(2,3)9-7-5-4-6-8-9/h1-8H,(H,15,16)(H,17,18);4-8H,1-3H3/q;+1/p-1. The molecular weight excluding hydrogens is 418 g/mol. The molecule has 0 unspecified atom stereocenters. The van der Waals surface area contributed by atoms with Crippen molar-refractivity contribution in [2.45, 2.75) is 9.79 Å². The van der Waals surface area contributed by atoms with Crippen LogP contribution in [0, 0.1) is 0 Å². The number of carbonyl (C=O) groups excluding carboxylic acids is 1. The maximum absolute atomic E-state index is 11.1. The van der Waals surface area contributed by atoms with Crippen molar-refractivity contribution < 1.29 is 19.8 Å². The molecular formula is C23H23NO4S2. The lowest BCUT2D eigenvalue weighted by Crippen LogP contribution is -2.34. The van der Waals surface area contributed by atoms with Gasteiger partial charge in [0.2, 0.25) is 0 Å². The van der Waals surface area contributed by atoms with Crippen molar-refractivity contribution in [1.29, 1.82) is 0 Å². The fraction of sp³-hybridized carbons (Fsp3) is 0.130. The molecule has 0 atom stereocenters. The summed E-state index contributed by atoms with van der Waals surface area (Å²) in [6.07, 6.45) is 0. The molecule has 3 rings (SSSR count). The number of benzene rings is 3. The van der Waals surface area contributed by atoms with Crippen molar-refractivity contribution >= 4 is 39.2 Å². The SMILES string of the molecule is C[N+](C)(C)c1ccccc1.O=C([O-])c1ccccc1SSc1ccccc1C(=O)O. The summed E-state index contributed by atoms with van der Waals surface area (Å²) in [5.41, 5.74) is 1.62. The minimum atomic E-state index is -1.25. The van der Waals surface area contributed by atoms with Gasteiger partial charge in [0.25, 0.3) is 0 Å². The molecule has 0 aliphatic rings. The summed E-state index contributed by atoms with van der Waals surface area (Å²) < 4.78 is 0.890. The number of carboxylic acid groups (broad SMARTS) is 2. The average Bonchev–Trinajstić information content (AvgIpc) is 2.73. The molecule has 30 heavy (non-hydrogen) atoms. The lowest BCUT2D eigenvalue weighted by molar-refractivity contribution is -0.255. The monoisotopic (exact) mass is 441 g/mol. The summed E-state index contributed by atoms with van der Waals surface area (Å²) in [7, 11) is 8.88. The third-order valence-corrected chi connectivity index (χ3v) is 6.46. The minimum Gasteiger partial charge on any atom is -0.545 e. The van der Waals surface area contributed by atoms with E-state index >= 15 is 0 Å². The van der Waals surface area contributed by atoms with E-state index in [2.05, 4.69) is 45.4 Å². The minimum absolute atomic E-state index is 0.0952. The number of carbonyl (C=O) groups is 2. The van der Waals surface area contributed by atoms with E-state index in [0.29, 0.717) is 9.79 Å². The lowest BCUT2D eigenvalue weighted by atomic mass is 10.2. The number of rotatable bonds is 6. The predicted octanol–water partition coefficient (Wildman–Crippen LogP) is 4.43. The number of nitrogens with zero attached hydrogens (tertiary/aromatic N) is 1. The number of hydrogen-bond acceptors (Lipinski definition) is 5. The summed E-state index contributed by atoms with van der Waals surface area (Å²) in [5, 5.41) is 20.1. The molecule has 0 aliphatic carbocycles. The van der Waals surface area contributed by atoms with E-state index in [9.17, 15) is 14.7 Å². The second-order valence-corrected chi connectivity index (χ2v) is 9.31. The van der Waals surface area contributed by atoms with Crippen molar-refractivity contribution in [3.8, 4) is 0 Å². The van der Waals surface area contributed by atoms with Crippen LogP contribution in [0.4, 0.5) is 5.69 Å². The van der Waals surface area contributed by atoms with Gasteiger partial charge >= 0.3 is 5.97 Å². The van der Waals surface area contributed by atoms with Crippen molar-refractivity contribution in [3.63, 3.8) is 0 Å². The summed E-state index contributed by atoms with van der Waals surface area (Å²) in [5.74, 6) is -2.26. The topological polar surface area (TPSA) is 77.4 Å². The van der Waals surface area contributed by atoms with Gasteiger partial charge in [0.1, 0.15) is 5.69 Å². The molecule has 0 saturated carbocycles. The molecule has 0 amide bonds. The molecule has 0 heterocycles. The molecule has 0 radical (unpaired) electrons. The molecule has 0 fully saturated rings. The highest BCUT2D eigenvalue weighted by Crippen LogP contribution is 2.40. The van der Waals surface area contributed by atoms with Gasteiger partial charge in [-0.05, 0) is 30.3 Å². The predicted molar refractivity (Wildman–Crippen MR) is 122 cm³/mol. The molecule has 3 aromatic rings. The Hall–Kier alpha value is -2.74. The first-order valence-corrected chi connectivity index (χ1v) is 11.2. The van der Waals surface area contributed by atoms with Gasteiger partial charge < -0.3 is 15.0 Å². The Morgan fingerprint density at radius 1 is 0.733 bits per heavy atom. The van der Waals surface area contributed by atoms with E-state index in [-0.39, 0.29) is 11.1 Å². The van der Waals surface area contributed by atoms with Crippen LogP contribution in [-0.2, 0) is 0 Å². The molecule has 0 saturated heterocycles. The van der Waals surface area contributed by atoms with Crippen LogP contribution in [0.15, 0.2) is 88.7 Å². The maximum Gasteiger partial charge on any atom is 0.336 e. The number of quaternary nitrogens is 1. The third kappa shape index (κ3) is 6.95. The van der Waals surface area contributed by atoms with Crippen LogP contribution in [0.5, 0.6) is 0 Å². The van der Waals surface area contributed by atoms with Crippen LogP contribution in [-0.4, -0.2) is 38.2 Å². The molecule has 5 nitrogen and oxygen atoms in total. The fourth-order valence-corrected chi connectivity index (χ4v) is 4.73. The van der Waals surface area contributed by atoms with Crippen LogP contribution < -0.4 is 9.59 Å². The second-order valence-electron chi connectivity index (χ2n) is 7.10. The first-order valence-electron chi connectivity index (χ1n) is 9.04. The van der Waals surface area contributed by atoms with Crippen LogP contribution in [0.2, 0.25) is 0 Å². The van der Waals surface area contributed by atoms with Gasteiger partial charge in [-0.1, -0.05) is 70.1 Å². The summed E-state index contributed by atoms with van der Waals surface area (Å²) in [6, 6.07) is 23.5. The summed E-state index contributed by atoms with van der Waals surface area (Å²) in [6.45, 7) is 0. The largest absolute Gasteiger partial charge is 0.545 e. The molecule has 7 heteroatoms. The first kappa shape index (κ1) is 23.5. The van der Waals surface area contributed by atoms with Gasteiger partial charge in [0, 0.05) is 15.4 Å². The Morgan fingerprint density at radius 3 is 1.60 bits per heavy atom. The van der Waals surface area contributed by atoms with Gasteiger partial charge in [0.15, 0.2) is 0 Å². The molecule has 1 N–H and O–H groups in total. The Kier molecular flexibility index (Phi) is 8.53. The molecule has 0 aromatic heterocycles. The van der Waals surface area contributed by atoms with E-state index in [0.717, 1.165) is 4.48 Å². The maximum atomic E-state index is 11.1. The van der Waals surface area contributed by atoms with Crippen molar-refractivity contribution in [3.05, 3.63) is 90.0 Å². The Morgan fingerprint density at radius 2 is 1.17 bits per heavy atom. The molecule has 3 aromatic carbocycles. The van der Waals surface area contributed by atoms with Crippen LogP contribution in [0.25, 0.3) is 0 Å². The fourth-order valence-electron chi connectivity index (χ4n) is 2.39. The van der Waals surface area contributed by atoms with Gasteiger partial charge in [-0.3, -0.25) is 4.48 Å². The third-order valence-electron chi connectivity index (χ3n) is 3.98. The summed E-state index contributed by atoms with van der Waals surface area (Å²) >= 11 is 0. The van der Waals surface area contributed by atoms with E-state index in [1.165, 1.54) is 39.4 Å². The molecule has 156 valence electrons. The van der Waals surface area contributed by atoms with Crippen LogP contribution >= 0.6 is 21.6 Å². The smallest absolute Gasteiger partial charge is 0.336 e. The molecule has 0 spiro atoms. The van der Waals surface area contributed by atoms with Crippen molar-refractivity contribution in [2.75, 3.05) is 21.1 Å². The zero-order chi connectivity index (χ0) is 22.1. The summed E-state index contributed by atoms with van der Waals surface area (Å²) in [4.78, 5) is 23.2. The number of hydrogen-bond donors (Lipinski definition) is 1. The van der Waals surface area contributed by atoms with Gasteiger partial charge in [-0.15, -0.1) is 0 Å².